The minimum absolute atomic E-state index is 0.111. The van der Waals surface area contributed by atoms with E-state index in [1.807, 2.05) is 24.3 Å². The number of nitrogens with zero attached hydrogens (tertiary/aromatic N) is 2. The van der Waals surface area contributed by atoms with E-state index in [1.165, 1.54) is 4.90 Å². The summed E-state index contributed by atoms with van der Waals surface area (Å²) in [6.45, 7) is 6.25. The van der Waals surface area contributed by atoms with Crippen LogP contribution < -0.4 is 10.2 Å². The normalized spacial score (nSPS) is 17.6. The minimum Gasteiger partial charge on any atom is -0.360 e. The van der Waals surface area contributed by atoms with Gasteiger partial charge in [0.05, 0.1) is 5.92 Å². The second-order valence-corrected chi connectivity index (χ2v) is 6.43. The lowest BCUT2D eigenvalue weighted by Gasteiger charge is -2.16. The third-order valence-corrected chi connectivity index (χ3v) is 4.23. The van der Waals surface area contributed by atoms with Gasteiger partial charge in [0, 0.05) is 24.7 Å². The minimum atomic E-state index is -0.394. The number of carbonyl (C=O) groups excluding carboxylic acids is 2. The molecule has 126 valence electrons. The Labute approximate surface area is 140 Å². The SMILES string of the molecule is Cc1cc(N2CC(C(=O)Nc3ccccc3C(C)C)CC2=O)no1. The van der Waals surface area contributed by atoms with Crippen LogP contribution in [0.4, 0.5) is 11.5 Å². The highest BCUT2D eigenvalue weighted by Crippen LogP contribution is 2.28. The fraction of sp³-hybridized carbons (Fsp3) is 0.389. The van der Waals surface area contributed by atoms with E-state index in [1.54, 1.807) is 13.0 Å². The molecule has 0 radical (unpaired) electrons. The first-order chi connectivity index (χ1) is 11.5. The summed E-state index contributed by atoms with van der Waals surface area (Å²) in [6, 6.07) is 9.45. The van der Waals surface area contributed by atoms with Crippen molar-refractivity contribution in [1.82, 2.24) is 5.16 Å². The number of para-hydroxylation sites is 1. The Kier molecular flexibility index (Phi) is 4.38. The lowest BCUT2D eigenvalue weighted by Crippen LogP contribution is -2.28. The van der Waals surface area contributed by atoms with Crippen LogP contribution in [-0.2, 0) is 9.59 Å². The fourth-order valence-electron chi connectivity index (χ4n) is 2.93. The smallest absolute Gasteiger partial charge is 0.229 e. The van der Waals surface area contributed by atoms with Gasteiger partial charge in [-0.2, -0.15) is 0 Å². The standard InChI is InChI=1S/C18H21N3O3/c1-11(2)14-6-4-5-7-15(14)19-18(23)13-9-17(22)21(10-13)16-8-12(3)24-20-16/h4-8,11,13H,9-10H2,1-3H3,(H,19,23). The summed E-state index contributed by atoms with van der Waals surface area (Å²) < 4.78 is 5.01. The summed E-state index contributed by atoms with van der Waals surface area (Å²) in [5.41, 5.74) is 1.89. The zero-order chi connectivity index (χ0) is 17.3. The molecule has 1 fully saturated rings. The molecule has 1 atom stereocenters. The number of benzene rings is 1. The summed E-state index contributed by atoms with van der Waals surface area (Å²) in [6.07, 6.45) is 0.182. The van der Waals surface area contributed by atoms with Crippen molar-refractivity contribution < 1.29 is 14.1 Å². The molecule has 2 aromatic rings. The number of aromatic nitrogens is 1. The molecule has 2 amide bonds. The van der Waals surface area contributed by atoms with E-state index in [9.17, 15) is 9.59 Å². The van der Waals surface area contributed by atoms with Crippen LogP contribution in [0, 0.1) is 12.8 Å². The van der Waals surface area contributed by atoms with Crippen LogP contribution in [0.15, 0.2) is 34.9 Å². The molecule has 0 spiro atoms. The number of aryl methyl sites for hydroxylation is 1. The van der Waals surface area contributed by atoms with Gasteiger partial charge in [-0.15, -0.1) is 0 Å². The maximum atomic E-state index is 12.6. The lowest BCUT2D eigenvalue weighted by molar-refractivity contribution is -0.122. The first-order valence-corrected chi connectivity index (χ1v) is 8.09. The number of rotatable bonds is 4. The summed E-state index contributed by atoms with van der Waals surface area (Å²) in [7, 11) is 0. The van der Waals surface area contributed by atoms with Gasteiger partial charge in [0.1, 0.15) is 5.76 Å². The Balaban J connectivity index is 1.72. The van der Waals surface area contributed by atoms with Crippen LogP contribution in [0.25, 0.3) is 0 Å². The summed E-state index contributed by atoms with van der Waals surface area (Å²) in [4.78, 5) is 26.3. The summed E-state index contributed by atoms with van der Waals surface area (Å²) >= 11 is 0. The Morgan fingerprint density at radius 3 is 2.79 bits per heavy atom. The molecule has 1 aliphatic rings. The van der Waals surface area contributed by atoms with Gasteiger partial charge < -0.3 is 9.84 Å². The molecular formula is C18H21N3O3. The first-order valence-electron chi connectivity index (χ1n) is 8.09. The molecule has 24 heavy (non-hydrogen) atoms. The van der Waals surface area contributed by atoms with Gasteiger partial charge in [-0.05, 0) is 24.5 Å². The van der Waals surface area contributed by atoms with Crippen molar-refractivity contribution in [2.45, 2.75) is 33.1 Å². The quantitative estimate of drug-likeness (QED) is 0.936. The topological polar surface area (TPSA) is 75.4 Å². The second kappa shape index (κ2) is 6.47. The maximum Gasteiger partial charge on any atom is 0.229 e. The number of hydrogen-bond donors (Lipinski definition) is 1. The van der Waals surface area contributed by atoms with Crippen LogP contribution in [0.2, 0.25) is 0 Å². The predicted molar refractivity (Wildman–Crippen MR) is 90.9 cm³/mol. The van der Waals surface area contributed by atoms with Crippen molar-refractivity contribution in [3.63, 3.8) is 0 Å². The Morgan fingerprint density at radius 1 is 1.38 bits per heavy atom. The van der Waals surface area contributed by atoms with Crippen molar-refractivity contribution in [1.29, 1.82) is 0 Å². The molecule has 0 bridgehead atoms. The van der Waals surface area contributed by atoms with E-state index < -0.39 is 5.92 Å². The first kappa shape index (κ1) is 16.2. The van der Waals surface area contributed by atoms with Crippen LogP contribution in [0.1, 0.15) is 37.5 Å². The number of hydrogen-bond acceptors (Lipinski definition) is 4. The third kappa shape index (κ3) is 3.18. The van der Waals surface area contributed by atoms with Gasteiger partial charge in [0.25, 0.3) is 0 Å². The monoisotopic (exact) mass is 327 g/mol. The van der Waals surface area contributed by atoms with Crippen molar-refractivity contribution in [3.8, 4) is 0 Å². The van der Waals surface area contributed by atoms with E-state index >= 15 is 0 Å². The molecule has 1 aromatic heterocycles. The molecule has 2 heterocycles. The molecular weight excluding hydrogens is 306 g/mol. The molecule has 0 saturated carbocycles. The van der Waals surface area contributed by atoms with Gasteiger partial charge in [-0.25, -0.2) is 0 Å². The molecule has 1 aromatic carbocycles. The second-order valence-electron chi connectivity index (χ2n) is 6.43. The average Bonchev–Trinajstić information content (AvgIpc) is 3.13. The van der Waals surface area contributed by atoms with E-state index in [-0.39, 0.29) is 18.2 Å². The van der Waals surface area contributed by atoms with Gasteiger partial charge >= 0.3 is 0 Å². The van der Waals surface area contributed by atoms with Gasteiger partial charge in [0.2, 0.25) is 11.8 Å². The third-order valence-electron chi connectivity index (χ3n) is 4.23. The number of anilines is 2. The largest absolute Gasteiger partial charge is 0.360 e. The van der Waals surface area contributed by atoms with E-state index in [4.69, 9.17) is 4.52 Å². The number of amides is 2. The van der Waals surface area contributed by atoms with Crippen molar-refractivity contribution in [2.24, 2.45) is 5.92 Å². The van der Waals surface area contributed by atoms with Crippen LogP contribution in [0.5, 0.6) is 0 Å². The molecule has 1 N–H and O–H groups in total. The van der Waals surface area contributed by atoms with Crippen molar-refractivity contribution >= 4 is 23.3 Å². The molecule has 1 unspecified atom stereocenters. The average molecular weight is 327 g/mol. The maximum absolute atomic E-state index is 12.6. The highest BCUT2D eigenvalue weighted by molar-refractivity contribution is 6.03. The summed E-state index contributed by atoms with van der Waals surface area (Å²) in [5, 5.41) is 6.83. The van der Waals surface area contributed by atoms with Crippen LogP contribution in [0.3, 0.4) is 0 Å². The van der Waals surface area contributed by atoms with Gasteiger partial charge in [-0.1, -0.05) is 37.2 Å². The van der Waals surface area contributed by atoms with Crippen LogP contribution >= 0.6 is 0 Å². The fourth-order valence-corrected chi connectivity index (χ4v) is 2.93. The van der Waals surface area contributed by atoms with Gasteiger partial charge in [0.15, 0.2) is 5.82 Å². The molecule has 1 saturated heterocycles. The molecule has 6 heteroatoms. The Hall–Kier alpha value is -2.63. The zero-order valence-electron chi connectivity index (χ0n) is 14.1. The molecule has 3 rings (SSSR count). The summed E-state index contributed by atoms with van der Waals surface area (Å²) in [5.74, 6) is 0.766. The van der Waals surface area contributed by atoms with Gasteiger partial charge in [-0.3, -0.25) is 14.5 Å². The van der Waals surface area contributed by atoms with E-state index in [0.29, 0.717) is 24.0 Å². The van der Waals surface area contributed by atoms with Crippen molar-refractivity contribution in [2.75, 3.05) is 16.8 Å². The highest BCUT2D eigenvalue weighted by atomic mass is 16.5. The van der Waals surface area contributed by atoms with E-state index in [0.717, 1.165) is 11.3 Å². The zero-order valence-corrected chi connectivity index (χ0v) is 14.1. The van der Waals surface area contributed by atoms with E-state index in [2.05, 4.69) is 24.3 Å². The number of carbonyl (C=O) groups is 2. The lowest BCUT2D eigenvalue weighted by atomic mass is 10.0. The van der Waals surface area contributed by atoms with Crippen LogP contribution in [-0.4, -0.2) is 23.5 Å². The van der Waals surface area contributed by atoms with Crippen molar-refractivity contribution in [3.05, 3.63) is 41.7 Å². The molecule has 6 nitrogen and oxygen atoms in total. The Morgan fingerprint density at radius 2 is 2.12 bits per heavy atom. The molecule has 1 aliphatic heterocycles. The highest BCUT2D eigenvalue weighted by Gasteiger charge is 2.36. The Bertz CT molecular complexity index is 766. The predicted octanol–water partition coefficient (Wildman–Crippen LogP) is 3.10. The molecule has 0 aliphatic carbocycles. The number of nitrogens with one attached hydrogen (secondary N) is 1.